The van der Waals surface area contributed by atoms with E-state index in [2.05, 4.69) is 6.58 Å². The van der Waals surface area contributed by atoms with E-state index in [1.54, 1.807) is 36.4 Å². The van der Waals surface area contributed by atoms with Crippen molar-refractivity contribution in [1.29, 1.82) is 0 Å². The number of hydrogen-bond donors (Lipinski definition) is 1. The molecule has 1 saturated heterocycles. The molecule has 3 atom stereocenters. The van der Waals surface area contributed by atoms with Gasteiger partial charge in [0.05, 0.1) is 24.1 Å². The highest BCUT2D eigenvalue weighted by atomic mass is 16.5. The fourth-order valence-electron chi connectivity index (χ4n) is 4.67. The number of phenols is 1. The van der Waals surface area contributed by atoms with Gasteiger partial charge in [-0.3, -0.25) is 9.59 Å². The van der Waals surface area contributed by atoms with Gasteiger partial charge in [0.1, 0.15) is 0 Å². The van der Waals surface area contributed by atoms with E-state index in [0.717, 1.165) is 11.1 Å². The second kappa shape index (κ2) is 7.91. The third-order valence-electron chi connectivity index (χ3n) is 6.44. The van der Waals surface area contributed by atoms with Gasteiger partial charge in [-0.25, -0.2) is 4.90 Å². The van der Waals surface area contributed by atoms with Crippen molar-refractivity contribution in [3.63, 3.8) is 0 Å². The lowest BCUT2D eigenvalue weighted by atomic mass is 9.62. The van der Waals surface area contributed by atoms with Crippen molar-refractivity contribution in [3.8, 4) is 11.5 Å². The zero-order valence-corrected chi connectivity index (χ0v) is 17.6. The Morgan fingerprint density at radius 3 is 2.61 bits per heavy atom. The topological polar surface area (TPSA) is 66.8 Å². The lowest BCUT2D eigenvalue weighted by Crippen LogP contribution is -2.42. The molecule has 5 heteroatoms. The summed E-state index contributed by atoms with van der Waals surface area (Å²) in [6.45, 7) is 5.81. The molecule has 3 unspecified atom stereocenters. The minimum Gasteiger partial charge on any atom is -0.504 e. The summed E-state index contributed by atoms with van der Waals surface area (Å²) in [5.41, 5.74) is 1.43. The molecule has 158 valence electrons. The average Bonchev–Trinajstić information content (AvgIpc) is 2.99. The van der Waals surface area contributed by atoms with Gasteiger partial charge >= 0.3 is 0 Å². The first-order chi connectivity index (χ1) is 14.9. The lowest BCUT2D eigenvalue weighted by Gasteiger charge is -2.38. The van der Waals surface area contributed by atoms with Gasteiger partial charge in [0.15, 0.2) is 11.5 Å². The Labute approximate surface area is 182 Å². The predicted molar refractivity (Wildman–Crippen MR) is 121 cm³/mol. The Morgan fingerprint density at radius 2 is 1.94 bits per heavy atom. The molecule has 2 amide bonds. The summed E-state index contributed by atoms with van der Waals surface area (Å²) in [5.74, 6) is -0.675. The number of nitrogens with zero attached hydrogens (tertiary/aromatic N) is 1. The Morgan fingerprint density at radius 1 is 1.19 bits per heavy atom. The number of carbonyl (C=O) groups is 2. The molecule has 0 saturated carbocycles. The summed E-state index contributed by atoms with van der Waals surface area (Å²) in [7, 11) is 1.49. The summed E-state index contributed by atoms with van der Waals surface area (Å²) in [6, 6.07) is 14.1. The van der Waals surface area contributed by atoms with Crippen LogP contribution >= 0.6 is 0 Å². The van der Waals surface area contributed by atoms with E-state index in [4.69, 9.17) is 4.74 Å². The van der Waals surface area contributed by atoms with E-state index in [9.17, 15) is 14.7 Å². The molecule has 5 nitrogen and oxygen atoms in total. The number of imide groups is 1. The maximum absolute atomic E-state index is 13.7. The highest BCUT2D eigenvalue weighted by molar-refractivity contribution is 6.24. The number of ether oxygens (including phenoxy) is 1. The number of phenolic OH excluding ortho intramolecular Hbond substituents is 1. The van der Waals surface area contributed by atoms with Crippen LogP contribution in [0.3, 0.4) is 0 Å². The quantitative estimate of drug-likeness (QED) is 0.716. The summed E-state index contributed by atoms with van der Waals surface area (Å²) >= 11 is 0. The van der Waals surface area contributed by atoms with Crippen LogP contribution in [0.25, 0.3) is 6.08 Å². The van der Waals surface area contributed by atoms with Crippen molar-refractivity contribution in [2.24, 2.45) is 17.3 Å². The van der Waals surface area contributed by atoms with Crippen LogP contribution in [0.1, 0.15) is 18.9 Å². The largest absolute Gasteiger partial charge is 0.504 e. The van der Waals surface area contributed by atoms with Crippen molar-refractivity contribution < 1.29 is 19.4 Å². The number of anilines is 1. The molecule has 0 spiro atoms. The Bertz CT molecular complexity index is 1100. The van der Waals surface area contributed by atoms with Gasteiger partial charge in [0.25, 0.3) is 0 Å². The fraction of sp³-hybridized carbons (Fsp3) is 0.231. The number of hydrogen-bond acceptors (Lipinski definition) is 4. The van der Waals surface area contributed by atoms with E-state index in [1.807, 2.05) is 43.4 Å². The molecular weight excluding hydrogens is 390 g/mol. The number of carbonyl (C=O) groups excluding carboxylic acids is 2. The van der Waals surface area contributed by atoms with Crippen molar-refractivity contribution in [1.82, 2.24) is 0 Å². The molecule has 4 rings (SSSR count). The van der Waals surface area contributed by atoms with Crippen LogP contribution in [0.5, 0.6) is 11.5 Å². The number of para-hydroxylation sites is 1. The monoisotopic (exact) mass is 415 g/mol. The van der Waals surface area contributed by atoms with Crippen molar-refractivity contribution in [2.75, 3.05) is 12.0 Å². The highest BCUT2D eigenvalue weighted by Gasteiger charge is 2.61. The molecule has 1 aliphatic heterocycles. The van der Waals surface area contributed by atoms with Crippen molar-refractivity contribution >= 4 is 23.6 Å². The van der Waals surface area contributed by atoms with E-state index in [0.29, 0.717) is 17.9 Å². The van der Waals surface area contributed by atoms with Gasteiger partial charge in [-0.15, -0.1) is 0 Å². The van der Waals surface area contributed by atoms with Gasteiger partial charge in [0, 0.05) is 5.92 Å². The predicted octanol–water partition coefficient (Wildman–Crippen LogP) is 4.74. The Balaban J connectivity index is 1.75. The molecule has 2 aliphatic rings. The highest BCUT2D eigenvalue weighted by Crippen LogP contribution is 2.53. The SMILES string of the molecule is C=CC1=CCC2C(=O)N(c3ccccc3)C(=O)C2(C)C1C=Cc1ccc(O)c(OC)c1. The van der Waals surface area contributed by atoms with Gasteiger partial charge in [-0.05, 0) is 48.7 Å². The van der Waals surface area contributed by atoms with E-state index in [-0.39, 0.29) is 23.5 Å². The third-order valence-corrected chi connectivity index (χ3v) is 6.44. The third kappa shape index (κ3) is 3.26. The lowest BCUT2D eigenvalue weighted by molar-refractivity contribution is -0.128. The fourth-order valence-corrected chi connectivity index (χ4v) is 4.67. The number of rotatable bonds is 5. The summed E-state index contributed by atoms with van der Waals surface area (Å²) < 4.78 is 5.19. The molecule has 1 aliphatic carbocycles. The molecule has 1 heterocycles. The van der Waals surface area contributed by atoms with Crippen LogP contribution < -0.4 is 9.64 Å². The minimum atomic E-state index is -0.914. The molecule has 2 aromatic carbocycles. The number of amides is 2. The summed E-state index contributed by atoms with van der Waals surface area (Å²) in [4.78, 5) is 28.3. The van der Waals surface area contributed by atoms with Crippen molar-refractivity contribution in [2.45, 2.75) is 13.3 Å². The average molecular weight is 415 g/mol. The number of aromatic hydroxyl groups is 1. The Kier molecular flexibility index (Phi) is 5.27. The second-order valence-corrected chi connectivity index (χ2v) is 8.06. The normalized spacial score (nSPS) is 25.5. The number of benzene rings is 2. The maximum Gasteiger partial charge on any atom is 0.241 e. The zero-order valence-electron chi connectivity index (χ0n) is 17.6. The van der Waals surface area contributed by atoms with Crippen LogP contribution in [-0.2, 0) is 9.59 Å². The first-order valence-electron chi connectivity index (χ1n) is 10.2. The van der Waals surface area contributed by atoms with E-state index >= 15 is 0 Å². The first-order valence-corrected chi connectivity index (χ1v) is 10.2. The summed E-state index contributed by atoms with van der Waals surface area (Å²) in [5, 5.41) is 9.84. The molecule has 0 radical (unpaired) electrons. The molecule has 0 aromatic heterocycles. The maximum atomic E-state index is 13.7. The van der Waals surface area contributed by atoms with Crippen LogP contribution in [0.15, 0.2) is 78.9 Å². The first kappa shape index (κ1) is 20.7. The van der Waals surface area contributed by atoms with Crippen LogP contribution in [0.4, 0.5) is 5.69 Å². The standard InChI is InChI=1S/C26H25NO4/c1-4-18-12-14-21-24(29)27(19-8-6-5-7-9-19)25(30)26(21,2)20(18)13-10-17-11-15-22(28)23(16-17)31-3/h4-13,15-16,20-21,28H,1,14H2,2-3H3. The number of fused-ring (bicyclic) bond motifs is 1. The van der Waals surface area contributed by atoms with Gasteiger partial charge in [0.2, 0.25) is 11.8 Å². The molecule has 1 fully saturated rings. The zero-order chi connectivity index (χ0) is 22.2. The van der Waals surface area contributed by atoms with Gasteiger partial charge in [-0.2, -0.15) is 0 Å². The number of allylic oxidation sites excluding steroid dienone is 4. The summed E-state index contributed by atoms with van der Waals surface area (Å²) in [6.07, 6.45) is 8.11. The second-order valence-electron chi connectivity index (χ2n) is 8.06. The molecular formula is C26H25NO4. The van der Waals surface area contributed by atoms with Crippen LogP contribution in [0, 0.1) is 17.3 Å². The molecule has 1 N–H and O–H groups in total. The van der Waals surface area contributed by atoms with Crippen molar-refractivity contribution in [3.05, 3.63) is 84.5 Å². The van der Waals surface area contributed by atoms with E-state index < -0.39 is 11.3 Å². The molecule has 0 bridgehead atoms. The Hall–Kier alpha value is -3.60. The van der Waals surface area contributed by atoms with Crippen LogP contribution in [0.2, 0.25) is 0 Å². The minimum absolute atomic E-state index is 0.0612. The van der Waals surface area contributed by atoms with E-state index in [1.165, 1.54) is 12.0 Å². The van der Waals surface area contributed by atoms with Gasteiger partial charge in [-0.1, -0.05) is 55.1 Å². The number of methoxy groups -OCH3 is 1. The van der Waals surface area contributed by atoms with Crippen LogP contribution in [-0.4, -0.2) is 24.0 Å². The molecule has 31 heavy (non-hydrogen) atoms. The van der Waals surface area contributed by atoms with Gasteiger partial charge < -0.3 is 9.84 Å². The smallest absolute Gasteiger partial charge is 0.241 e. The molecule has 2 aromatic rings.